The first-order valence-corrected chi connectivity index (χ1v) is 12.5. The molecule has 182 valence electrons. The van der Waals surface area contributed by atoms with Crippen LogP contribution < -0.4 is 10.2 Å². The van der Waals surface area contributed by atoms with Gasteiger partial charge in [-0.3, -0.25) is 19.3 Å². The van der Waals surface area contributed by atoms with Crippen molar-refractivity contribution in [1.29, 1.82) is 0 Å². The lowest BCUT2D eigenvalue weighted by Crippen LogP contribution is -2.44. The second kappa shape index (κ2) is 8.62. The highest BCUT2D eigenvalue weighted by Crippen LogP contribution is 2.43. The summed E-state index contributed by atoms with van der Waals surface area (Å²) in [6, 6.07) is 5.36. The van der Waals surface area contributed by atoms with Crippen molar-refractivity contribution in [2.45, 2.75) is 39.2 Å². The molecule has 1 aromatic carbocycles. The molecule has 9 heteroatoms. The summed E-state index contributed by atoms with van der Waals surface area (Å²) in [6.45, 7) is 3.75. The molecule has 35 heavy (non-hydrogen) atoms. The van der Waals surface area contributed by atoms with E-state index in [1.807, 2.05) is 6.07 Å². The predicted molar refractivity (Wildman–Crippen MR) is 126 cm³/mol. The van der Waals surface area contributed by atoms with Crippen LogP contribution in [0.1, 0.15) is 57.8 Å². The topological polar surface area (TPSA) is 109 Å². The van der Waals surface area contributed by atoms with Crippen molar-refractivity contribution < 1.29 is 19.0 Å². The van der Waals surface area contributed by atoms with Crippen LogP contribution in [0.4, 0.5) is 5.69 Å². The summed E-state index contributed by atoms with van der Waals surface area (Å²) in [7, 11) is 0. The van der Waals surface area contributed by atoms with Crippen LogP contribution in [0.15, 0.2) is 35.0 Å². The number of rotatable bonds is 6. The van der Waals surface area contributed by atoms with Crippen molar-refractivity contribution in [2.75, 3.05) is 24.5 Å². The van der Waals surface area contributed by atoms with E-state index in [-0.39, 0.29) is 30.2 Å². The Morgan fingerprint density at radius 2 is 2.06 bits per heavy atom. The van der Waals surface area contributed by atoms with Crippen molar-refractivity contribution in [1.82, 2.24) is 20.5 Å². The largest absolute Gasteiger partial charge is 0.370 e. The van der Waals surface area contributed by atoms with Crippen LogP contribution in [-0.2, 0) is 11.3 Å². The number of hydrogen-bond acceptors (Lipinski definition) is 7. The third-order valence-corrected chi connectivity index (χ3v) is 8.12. The van der Waals surface area contributed by atoms with E-state index in [1.54, 1.807) is 19.1 Å². The van der Waals surface area contributed by atoms with Crippen LogP contribution in [0.3, 0.4) is 0 Å². The quantitative estimate of drug-likeness (QED) is 0.505. The van der Waals surface area contributed by atoms with Gasteiger partial charge < -0.3 is 10.2 Å². The molecule has 9 nitrogen and oxygen atoms in total. The van der Waals surface area contributed by atoms with E-state index in [0.717, 1.165) is 25.9 Å². The second-order valence-electron chi connectivity index (χ2n) is 10.3. The van der Waals surface area contributed by atoms with Crippen molar-refractivity contribution in [2.24, 2.45) is 23.7 Å². The smallest absolute Gasteiger partial charge is 0.264 e. The number of fused-ring (bicyclic) bond motifs is 3. The summed E-state index contributed by atoms with van der Waals surface area (Å²) in [4.78, 5) is 42.7. The third kappa shape index (κ3) is 3.83. The SMILES string of the molecule is Cc1nonc1CN1C(=O)c2cccc(N3CCC[C@@H](C(=O)NC[C@H]4C[C@@H]5C=C[C@H]4C5)C3)c2C1=O. The van der Waals surface area contributed by atoms with Gasteiger partial charge in [-0.15, -0.1) is 0 Å². The maximum atomic E-state index is 13.4. The molecule has 2 aliphatic heterocycles. The van der Waals surface area contributed by atoms with Crippen molar-refractivity contribution in [3.8, 4) is 0 Å². The summed E-state index contributed by atoms with van der Waals surface area (Å²) < 4.78 is 4.72. The molecule has 1 saturated carbocycles. The number of benzene rings is 1. The maximum Gasteiger partial charge on any atom is 0.264 e. The zero-order valence-corrected chi connectivity index (χ0v) is 19.8. The molecular formula is C26H29N5O4. The average molecular weight is 476 g/mol. The van der Waals surface area contributed by atoms with Gasteiger partial charge in [0.05, 0.1) is 29.3 Å². The molecule has 3 heterocycles. The van der Waals surface area contributed by atoms with E-state index in [0.29, 0.717) is 52.5 Å². The number of imide groups is 1. The lowest BCUT2D eigenvalue weighted by molar-refractivity contribution is -0.125. The van der Waals surface area contributed by atoms with E-state index in [1.165, 1.54) is 17.7 Å². The first-order chi connectivity index (χ1) is 17.0. The van der Waals surface area contributed by atoms with Gasteiger partial charge in [0, 0.05) is 19.6 Å². The van der Waals surface area contributed by atoms with Crippen molar-refractivity contribution in [3.63, 3.8) is 0 Å². The standard InChI is InChI=1S/C26H29N5O4/c1-15-21(29-35-28-15)14-31-25(33)20-5-2-6-22(23(20)26(31)34)30-9-3-4-18(13-30)24(32)27-12-19-11-16-7-8-17(19)10-16/h2,5-8,16-19H,3-4,9-14H2,1H3,(H,27,32)/t16-,17+,18-,19-/m1/s1. The first-order valence-electron chi connectivity index (χ1n) is 12.5. The van der Waals surface area contributed by atoms with Crippen LogP contribution in [0.5, 0.6) is 0 Å². The summed E-state index contributed by atoms with van der Waals surface area (Å²) >= 11 is 0. The molecule has 2 bridgehead atoms. The molecule has 6 rings (SSSR count). The minimum atomic E-state index is -0.348. The number of hydrogen-bond donors (Lipinski definition) is 1. The van der Waals surface area contributed by atoms with Gasteiger partial charge in [0.2, 0.25) is 5.91 Å². The van der Waals surface area contributed by atoms with E-state index in [4.69, 9.17) is 4.63 Å². The fourth-order valence-corrected chi connectivity index (χ4v) is 6.18. The van der Waals surface area contributed by atoms with Gasteiger partial charge >= 0.3 is 0 Å². The second-order valence-corrected chi connectivity index (χ2v) is 10.3. The number of aromatic nitrogens is 2. The minimum Gasteiger partial charge on any atom is -0.370 e. The Morgan fingerprint density at radius 3 is 2.80 bits per heavy atom. The van der Waals surface area contributed by atoms with E-state index < -0.39 is 0 Å². The molecule has 2 aliphatic carbocycles. The number of nitrogens with zero attached hydrogens (tertiary/aromatic N) is 4. The van der Waals surface area contributed by atoms with E-state index in [9.17, 15) is 14.4 Å². The van der Waals surface area contributed by atoms with E-state index in [2.05, 4.69) is 32.7 Å². The van der Waals surface area contributed by atoms with Gasteiger partial charge in [0.25, 0.3) is 11.8 Å². The fraction of sp³-hybridized carbons (Fsp3) is 0.500. The lowest BCUT2D eigenvalue weighted by Gasteiger charge is -2.34. The van der Waals surface area contributed by atoms with Crippen molar-refractivity contribution >= 4 is 23.4 Å². The van der Waals surface area contributed by atoms with Gasteiger partial charge in [-0.1, -0.05) is 28.5 Å². The molecule has 4 aliphatic rings. The Balaban J connectivity index is 1.16. The summed E-state index contributed by atoms with van der Waals surface area (Å²) in [6.07, 6.45) is 8.71. The Kier molecular flexibility index (Phi) is 5.42. The van der Waals surface area contributed by atoms with Gasteiger partial charge in [-0.25, -0.2) is 4.63 Å². The van der Waals surface area contributed by atoms with Crippen LogP contribution in [0, 0.1) is 30.6 Å². The molecule has 2 fully saturated rings. The number of anilines is 1. The molecule has 1 aromatic heterocycles. The van der Waals surface area contributed by atoms with Crippen LogP contribution >= 0.6 is 0 Å². The zero-order valence-electron chi connectivity index (χ0n) is 19.8. The Labute approximate surface area is 203 Å². The van der Waals surface area contributed by atoms with Gasteiger partial charge in [-0.05, 0) is 62.5 Å². The van der Waals surface area contributed by atoms with Gasteiger partial charge in [0.1, 0.15) is 11.4 Å². The number of allylic oxidation sites excluding steroid dienone is 2. The third-order valence-electron chi connectivity index (χ3n) is 8.12. The number of amides is 3. The normalized spacial score (nSPS) is 27.1. The Morgan fingerprint density at radius 1 is 1.17 bits per heavy atom. The fourth-order valence-electron chi connectivity index (χ4n) is 6.18. The maximum absolute atomic E-state index is 13.4. The first kappa shape index (κ1) is 22.0. The highest BCUT2D eigenvalue weighted by atomic mass is 16.6. The number of aryl methyl sites for hydroxylation is 1. The number of nitrogens with one attached hydrogen (secondary N) is 1. The Hall–Kier alpha value is -3.49. The summed E-state index contributed by atoms with van der Waals surface area (Å²) in [5.74, 6) is 1.10. The molecule has 1 saturated heterocycles. The minimum absolute atomic E-state index is 0.0182. The molecule has 3 amide bonds. The van der Waals surface area contributed by atoms with Gasteiger partial charge in [-0.2, -0.15) is 0 Å². The molecule has 0 spiro atoms. The molecular weight excluding hydrogens is 446 g/mol. The predicted octanol–water partition coefficient (Wildman–Crippen LogP) is 2.72. The number of carbonyl (C=O) groups excluding carboxylic acids is 3. The van der Waals surface area contributed by atoms with Crippen LogP contribution in [-0.4, -0.2) is 52.6 Å². The molecule has 1 N–H and O–H groups in total. The summed E-state index contributed by atoms with van der Waals surface area (Å²) in [5.41, 5.74) is 2.52. The number of piperidine rings is 1. The molecule has 4 atom stereocenters. The van der Waals surface area contributed by atoms with Crippen LogP contribution in [0.2, 0.25) is 0 Å². The molecule has 0 radical (unpaired) electrons. The Bertz CT molecular complexity index is 1220. The molecule has 2 aromatic rings. The zero-order chi connectivity index (χ0) is 24.1. The highest BCUT2D eigenvalue weighted by Gasteiger charge is 2.40. The van der Waals surface area contributed by atoms with E-state index >= 15 is 0 Å². The average Bonchev–Trinajstić information content (AvgIpc) is 3.65. The lowest BCUT2D eigenvalue weighted by atomic mass is 9.92. The highest BCUT2D eigenvalue weighted by molar-refractivity contribution is 6.23. The summed E-state index contributed by atoms with van der Waals surface area (Å²) in [5, 5.41) is 10.8. The van der Waals surface area contributed by atoms with Crippen molar-refractivity contribution in [3.05, 3.63) is 52.9 Å². The monoisotopic (exact) mass is 475 g/mol. The molecule has 0 unspecified atom stereocenters. The van der Waals surface area contributed by atoms with Crippen LogP contribution in [0.25, 0.3) is 0 Å². The number of carbonyl (C=O) groups is 3. The van der Waals surface area contributed by atoms with Gasteiger partial charge in [0.15, 0.2) is 0 Å².